The molecule has 0 aromatic heterocycles. The molecule has 0 unspecified atom stereocenters. The summed E-state index contributed by atoms with van der Waals surface area (Å²) in [5.41, 5.74) is 3.85. The quantitative estimate of drug-likeness (QED) is 0.449. The number of nitrogens with one attached hydrogen (secondary N) is 1. The van der Waals surface area contributed by atoms with Crippen LogP contribution in [0, 0.1) is 0 Å². The number of hydrogen-bond donors (Lipinski definition) is 2. The Hall–Kier alpha value is -0.940. The number of halogens is 1. The molecular formula is C8H14FN3O. The predicted molar refractivity (Wildman–Crippen MR) is 47.7 cm³/mol. The Kier molecular flexibility index (Phi) is 3.00. The van der Waals surface area contributed by atoms with Crippen LogP contribution in [-0.2, 0) is 4.79 Å². The third kappa shape index (κ3) is 2.26. The van der Waals surface area contributed by atoms with E-state index in [4.69, 9.17) is 5.73 Å². The SMILES string of the molecule is C=CC(=O)N1CC(F)(CNCN)C1. The fraction of sp³-hybridized carbons (Fsp3) is 0.625. The summed E-state index contributed by atoms with van der Waals surface area (Å²) in [6, 6.07) is 0. The lowest BCUT2D eigenvalue weighted by molar-refractivity contribution is -0.139. The van der Waals surface area contributed by atoms with Gasteiger partial charge in [0.15, 0.2) is 5.67 Å². The normalized spacial score (nSPS) is 19.4. The number of rotatable bonds is 4. The second kappa shape index (κ2) is 3.85. The minimum Gasteiger partial charge on any atom is -0.333 e. The van der Waals surface area contributed by atoms with E-state index < -0.39 is 5.67 Å². The predicted octanol–water partition coefficient (Wildman–Crippen LogP) is -0.771. The molecule has 1 saturated heterocycles. The molecule has 0 saturated carbocycles. The van der Waals surface area contributed by atoms with Crippen molar-refractivity contribution in [3.05, 3.63) is 12.7 Å². The van der Waals surface area contributed by atoms with Crippen LogP contribution in [0.4, 0.5) is 4.39 Å². The fourth-order valence-electron chi connectivity index (χ4n) is 1.33. The summed E-state index contributed by atoms with van der Waals surface area (Å²) >= 11 is 0. The Balaban J connectivity index is 2.29. The molecule has 0 bridgehead atoms. The molecule has 1 heterocycles. The Labute approximate surface area is 76.6 Å². The monoisotopic (exact) mass is 187 g/mol. The van der Waals surface area contributed by atoms with Gasteiger partial charge in [-0.15, -0.1) is 0 Å². The van der Waals surface area contributed by atoms with Crippen LogP contribution in [0.1, 0.15) is 0 Å². The lowest BCUT2D eigenvalue weighted by Crippen LogP contribution is -2.64. The largest absolute Gasteiger partial charge is 0.333 e. The second-order valence-electron chi connectivity index (χ2n) is 3.18. The molecule has 0 aromatic carbocycles. The third-order valence-electron chi connectivity index (χ3n) is 2.02. The molecule has 3 N–H and O–H groups in total. The Morgan fingerprint density at radius 2 is 2.38 bits per heavy atom. The van der Waals surface area contributed by atoms with Crippen LogP contribution in [-0.4, -0.2) is 42.8 Å². The molecule has 4 nitrogen and oxygen atoms in total. The maximum atomic E-state index is 13.5. The smallest absolute Gasteiger partial charge is 0.246 e. The Morgan fingerprint density at radius 1 is 1.77 bits per heavy atom. The summed E-state index contributed by atoms with van der Waals surface area (Å²) in [5, 5.41) is 2.71. The van der Waals surface area contributed by atoms with Gasteiger partial charge in [0, 0.05) is 13.2 Å². The number of carbonyl (C=O) groups excluding carboxylic acids is 1. The van der Waals surface area contributed by atoms with Crippen molar-refractivity contribution in [2.75, 3.05) is 26.3 Å². The van der Waals surface area contributed by atoms with Gasteiger partial charge >= 0.3 is 0 Å². The molecule has 74 valence electrons. The summed E-state index contributed by atoms with van der Waals surface area (Å²) in [5.74, 6) is -0.221. The summed E-state index contributed by atoms with van der Waals surface area (Å²) in [6.45, 7) is 4.03. The Bertz CT molecular complexity index is 213. The van der Waals surface area contributed by atoms with E-state index in [-0.39, 0.29) is 32.2 Å². The highest BCUT2D eigenvalue weighted by atomic mass is 19.1. The highest BCUT2D eigenvalue weighted by Crippen LogP contribution is 2.24. The lowest BCUT2D eigenvalue weighted by atomic mass is 9.96. The highest BCUT2D eigenvalue weighted by Gasteiger charge is 2.44. The summed E-state index contributed by atoms with van der Waals surface area (Å²) in [4.78, 5) is 12.4. The molecule has 1 aliphatic rings. The number of alkyl halides is 1. The number of hydrogen-bond acceptors (Lipinski definition) is 3. The van der Waals surface area contributed by atoms with Gasteiger partial charge in [-0.3, -0.25) is 4.79 Å². The van der Waals surface area contributed by atoms with Crippen molar-refractivity contribution in [2.45, 2.75) is 5.67 Å². The van der Waals surface area contributed by atoms with Crippen LogP contribution < -0.4 is 11.1 Å². The van der Waals surface area contributed by atoms with Gasteiger partial charge in [-0.1, -0.05) is 6.58 Å². The molecular weight excluding hydrogens is 173 g/mol. The van der Waals surface area contributed by atoms with Crippen molar-refractivity contribution in [2.24, 2.45) is 5.73 Å². The van der Waals surface area contributed by atoms with Crippen molar-refractivity contribution >= 4 is 5.91 Å². The molecule has 0 radical (unpaired) electrons. The topological polar surface area (TPSA) is 58.4 Å². The van der Waals surface area contributed by atoms with Gasteiger partial charge in [-0.25, -0.2) is 4.39 Å². The maximum Gasteiger partial charge on any atom is 0.246 e. The molecule has 0 aromatic rings. The van der Waals surface area contributed by atoms with Crippen LogP contribution in [0.15, 0.2) is 12.7 Å². The first-order valence-electron chi connectivity index (χ1n) is 4.12. The van der Waals surface area contributed by atoms with Gasteiger partial charge in [-0.05, 0) is 6.08 Å². The molecule has 1 aliphatic heterocycles. The molecule has 1 fully saturated rings. The maximum absolute atomic E-state index is 13.5. The van der Waals surface area contributed by atoms with Crippen molar-refractivity contribution in [3.63, 3.8) is 0 Å². The number of nitrogens with two attached hydrogens (primary N) is 1. The Morgan fingerprint density at radius 3 is 2.85 bits per heavy atom. The van der Waals surface area contributed by atoms with E-state index in [0.717, 1.165) is 0 Å². The fourth-order valence-corrected chi connectivity index (χ4v) is 1.33. The van der Waals surface area contributed by atoms with Crippen molar-refractivity contribution in [3.8, 4) is 0 Å². The van der Waals surface area contributed by atoms with Crippen LogP contribution in [0.5, 0.6) is 0 Å². The average Bonchev–Trinajstić information content (AvgIpc) is 2.09. The highest BCUT2D eigenvalue weighted by molar-refractivity contribution is 5.87. The zero-order chi connectivity index (χ0) is 9.90. The van der Waals surface area contributed by atoms with Crippen molar-refractivity contribution < 1.29 is 9.18 Å². The molecule has 13 heavy (non-hydrogen) atoms. The zero-order valence-corrected chi connectivity index (χ0v) is 7.42. The minimum absolute atomic E-state index is 0.130. The van der Waals surface area contributed by atoms with Crippen LogP contribution in [0.3, 0.4) is 0 Å². The van der Waals surface area contributed by atoms with Crippen LogP contribution in [0.25, 0.3) is 0 Å². The van der Waals surface area contributed by atoms with Gasteiger partial charge < -0.3 is 16.0 Å². The van der Waals surface area contributed by atoms with E-state index in [1.165, 1.54) is 11.0 Å². The first kappa shape index (κ1) is 10.1. The molecule has 5 heteroatoms. The summed E-state index contributed by atoms with van der Waals surface area (Å²) in [7, 11) is 0. The first-order valence-corrected chi connectivity index (χ1v) is 4.12. The number of carbonyl (C=O) groups is 1. The van der Waals surface area contributed by atoms with Gasteiger partial charge in [-0.2, -0.15) is 0 Å². The van der Waals surface area contributed by atoms with Gasteiger partial charge in [0.2, 0.25) is 5.91 Å². The molecule has 0 spiro atoms. The van der Waals surface area contributed by atoms with Crippen LogP contribution >= 0.6 is 0 Å². The van der Waals surface area contributed by atoms with E-state index >= 15 is 0 Å². The van der Waals surface area contributed by atoms with E-state index in [9.17, 15) is 9.18 Å². The molecule has 1 rings (SSSR count). The summed E-state index contributed by atoms with van der Waals surface area (Å²) in [6.07, 6.45) is 1.19. The van der Waals surface area contributed by atoms with E-state index in [0.29, 0.717) is 0 Å². The van der Waals surface area contributed by atoms with Crippen molar-refractivity contribution in [1.82, 2.24) is 10.2 Å². The molecule has 0 atom stereocenters. The van der Waals surface area contributed by atoms with Crippen LogP contribution in [0.2, 0.25) is 0 Å². The second-order valence-corrected chi connectivity index (χ2v) is 3.18. The third-order valence-corrected chi connectivity index (χ3v) is 2.02. The number of amides is 1. The van der Waals surface area contributed by atoms with E-state index in [2.05, 4.69) is 11.9 Å². The lowest BCUT2D eigenvalue weighted by Gasteiger charge is -2.44. The van der Waals surface area contributed by atoms with Crippen molar-refractivity contribution in [1.29, 1.82) is 0 Å². The zero-order valence-electron chi connectivity index (χ0n) is 7.42. The standard InChI is InChI=1S/C8H14FN3O/c1-2-7(13)12-4-8(9,5-12)3-11-6-10/h2,11H,1,3-6,10H2. The number of nitrogens with zero attached hydrogens (tertiary/aromatic N) is 1. The van der Waals surface area contributed by atoms with E-state index in [1.54, 1.807) is 0 Å². The average molecular weight is 187 g/mol. The molecule has 1 amide bonds. The summed E-state index contributed by atoms with van der Waals surface area (Å²) < 4.78 is 13.5. The van der Waals surface area contributed by atoms with Gasteiger partial charge in [0.25, 0.3) is 0 Å². The van der Waals surface area contributed by atoms with E-state index in [1.807, 2.05) is 0 Å². The number of likely N-dealkylation sites (tertiary alicyclic amines) is 1. The first-order chi connectivity index (χ1) is 6.11. The van der Waals surface area contributed by atoms with Gasteiger partial charge in [0.1, 0.15) is 0 Å². The molecule has 0 aliphatic carbocycles. The van der Waals surface area contributed by atoms with Gasteiger partial charge in [0.05, 0.1) is 13.1 Å². The minimum atomic E-state index is -1.31.